The molecule has 3 heterocycles. The topological polar surface area (TPSA) is 74.2 Å². The third-order valence-electron chi connectivity index (χ3n) is 3.62. The van der Waals surface area contributed by atoms with Gasteiger partial charge in [-0.2, -0.15) is 0 Å². The van der Waals surface area contributed by atoms with E-state index in [9.17, 15) is 4.79 Å². The van der Waals surface area contributed by atoms with Crippen molar-refractivity contribution in [3.8, 4) is 0 Å². The Morgan fingerprint density at radius 1 is 1.14 bits per heavy atom. The lowest BCUT2D eigenvalue weighted by Gasteiger charge is -2.33. The minimum Gasteiger partial charge on any atom is -0.354 e. The molecule has 1 aliphatic heterocycles. The molecule has 2 aromatic heterocycles. The van der Waals surface area contributed by atoms with Crippen molar-refractivity contribution in [1.82, 2.24) is 19.9 Å². The van der Waals surface area contributed by atoms with Crippen LogP contribution in [0.15, 0.2) is 36.8 Å². The Hall–Kier alpha value is -2.54. The Labute approximate surface area is 129 Å². The summed E-state index contributed by atoms with van der Waals surface area (Å²) in [7, 11) is 2.10. The van der Waals surface area contributed by atoms with Crippen LogP contribution >= 0.6 is 0 Å². The van der Waals surface area contributed by atoms with Gasteiger partial charge in [0.2, 0.25) is 0 Å². The molecule has 114 valence electrons. The van der Waals surface area contributed by atoms with E-state index in [-0.39, 0.29) is 5.91 Å². The molecule has 2 aromatic rings. The number of pyridine rings is 1. The zero-order valence-corrected chi connectivity index (χ0v) is 12.4. The van der Waals surface area contributed by atoms with Crippen molar-refractivity contribution in [3.05, 3.63) is 42.5 Å². The lowest BCUT2D eigenvalue weighted by atomic mass is 10.3. The van der Waals surface area contributed by atoms with Crippen LogP contribution in [0.3, 0.4) is 0 Å². The molecule has 7 heteroatoms. The third-order valence-corrected chi connectivity index (χ3v) is 3.62. The van der Waals surface area contributed by atoms with Crippen molar-refractivity contribution in [1.29, 1.82) is 0 Å². The Kier molecular flexibility index (Phi) is 4.24. The highest BCUT2D eigenvalue weighted by Gasteiger charge is 2.17. The molecule has 0 spiro atoms. The molecule has 0 bridgehead atoms. The molecule has 0 saturated carbocycles. The van der Waals surface area contributed by atoms with Gasteiger partial charge in [-0.1, -0.05) is 6.07 Å². The van der Waals surface area contributed by atoms with Crippen LogP contribution in [-0.2, 0) is 0 Å². The second-order valence-electron chi connectivity index (χ2n) is 5.22. The van der Waals surface area contributed by atoms with Crippen molar-refractivity contribution in [2.45, 2.75) is 0 Å². The first-order valence-electron chi connectivity index (χ1n) is 7.20. The molecular formula is C15H18N6O. The van der Waals surface area contributed by atoms with E-state index in [0.29, 0.717) is 11.5 Å². The molecule has 1 saturated heterocycles. The fraction of sp³-hybridized carbons (Fsp3) is 0.333. The fourth-order valence-electron chi connectivity index (χ4n) is 2.30. The first-order valence-corrected chi connectivity index (χ1v) is 7.20. The second kappa shape index (κ2) is 6.48. The number of amides is 1. The quantitative estimate of drug-likeness (QED) is 0.906. The van der Waals surface area contributed by atoms with E-state index in [4.69, 9.17) is 0 Å². The maximum Gasteiger partial charge on any atom is 0.275 e. The number of carbonyl (C=O) groups is 1. The van der Waals surface area contributed by atoms with E-state index in [2.05, 4.69) is 37.1 Å². The van der Waals surface area contributed by atoms with Crippen molar-refractivity contribution in [3.63, 3.8) is 0 Å². The summed E-state index contributed by atoms with van der Waals surface area (Å²) in [6.07, 6.45) is 3.06. The van der Waals surface area contributed by atoms with E-state index in [1.165, 1.54) is 6.33 Å². The summed E-state index contributed by atoms with van der Waals surface area (Å²) in [6, 6.07) is 7.08. The first-order chi connectivity index (χ1) is 10.7. The van der Waals surface area contributed by atoms with Crippen LogP contribution in [0.2, 0.25) is 0 Å². The van der Waals surface area contributed by atoms with E-state index in [1.807, 2.05) is 6.07 Å². The number of nitrogens with zero attached hydrogens (tertiary/aromatic N) is 5. The summed E-state index contributed by atoms with van der Waals surface area (Å²) in [5.74, 6) is 1.01. The standard InChI is InChI=1S/C15H18N6O/c1-20-6-8-21(9-7-20)14-10-12(17-11-18-14)15(22)19-13-4-2-3-5-16-13/h2-5,10-11H,6-9H2,1H3,(H,16,19,22). The van der Waals surface area contributed by atoms with E-state index >= 15 is 0 Å². The molecule has 1 N–H and O–H groups in total. The monoisotopic (exact) mass is 298 g/mol. The summed E-state index contributed by atoms with van der Waals surface area (Å²) < 4.78 is 0. The van der Waals surface area contributed by atoms with Crippen LogP contribution in [0, 0.1) is 0 Å². The normalized spacial score (nSPS) is 15.6. The second-order valence-corrected chi connectivity index (χ2v) is 5.22. The lowest BCUT2D eigenvalue weighted by Crippen LogP contribution is -2.44. The van der Waals surface area contributed by atoms with Crippen molar-refractivity contribution in [2.24, 2.45) is 0 Å². The molecule has 0 unspecified atom stereocenters. The number of hydrogen-bond acceptors (Lipinski definition) is 6. The number of nitrogens with one attached hydrogen (secondary N) is 1. The van der Waals surface area contributed by atoms with Crippen LogP contribution in [0.1, 0.15) is 10.5 Å². The molecular weight excluding hydrogens is 280 g/mol. The highest BCUT2D eigenvalue weighted by atomic mass is 16.1. The predicted octanol–water partition coefficient (Wildman–Crippen LogP) is 0.876. The summed E-state index contributed by atoms with van der Waals surface area (Å²) in [5.41, 5.74) is 0.342. The van der Waals surface area contributed by atoms with Gasteiger partial charge in [-0.15, -0.1) is 0 Å². The number of likely N-dealkylation sites (N-methyl/N-ethyl adjacent to an activating group) is 1. The number of anilines is 2. The van der Waals surface area contributed by atoms with Gasteiger partial charge in [0.25, 0.3) is 5.91 Å². The predicted molar refractivity (Wildman–Crippen MR) is 83.9 cm³/mol. The van der Waals surface area contributed by atoms with E-state index in [0.717, 1.165) is 32.0 Å². The molecule has 0 aromatic carbocycles. The maximum absolute atomic E-state index is 12.2. The number of carbonyl (C=O) groups excluding carboxylic acids is 1. The average molecular weight is 298 g/mol. The Bertz CT molecular complexity index is 639. The molecule has 1 fully saturated rings. The average Bonchev–Trinajstić information content (AvgIpc) is 2.56. The van der Waals surface area contributed by atoms with Gasteiger partial charge in [-0.3, -0.25) is 4.79 Å². The van der Waals surface area contributed by atoms with Gasteiger partial charge >= 0.3 is 0 Å². The number of piperazine rings is 1. The highest BCUT2D eigenvalue weighted by molar-refractivity contribution is 6.02. The Morgan fingerprint density at radius 2 is 1.95 bits per heavy atom. The summed E-state index contributed by atoms with van der Waals surface area (Å²) in [5, 5.41) is 2.73. The smallest absolute Gasteiger partial charge is 0.275 e. The summed E-state index contributed by atoms with van der Waals surface area (Å²) in [4.78, 5) is 29.1. The number of hydrogen-bond donors (Lipinski definition) is 1. The summed E-state index contributed by atoms with van der Waals surface area (Å²) >= 11 is 0. The van der Waals surface area contributed by atoms with Gasteiger partial charge in [-0.25, -0.2) is 15.0 Å². The zero-order chi connectivity index (χ0) is 15.4. The van der Waals surface area contributed by atoms with Gasteiger partial charge in [0.05, 0.1) is 0 Å². The number of aromatic nitrogens is 3. The van der Waals surface area contributed by atoms with Crippen LogP contribution < -0.4 is 10.2 Å². The fourth-order valence-corrected chi connectivity index (χ4v) is 2.30. The van der Waals surface area contributed by atoms with Gasteiger partial charge in [0.1, 0.15) is 23.7 Å². The molecule has 0 radical (unpaired) electrons. The van der Waals surface area contributed by atoms with E-state index in [1.54, 1.807) is 24.4 Å². The van der Waals surface area contributed by atoms with Gasteiger partial charge in [0.15, 0.2) is 0 Å². The van der Waals surface area contributed by atoms with E-state index < -0.39 is 0 Å². The van der Waals surface area contributed by atoms with Crippen LogP contribution in [-0.4, -0.2) is 59.0 Å². The van der Waals surface area contributed by atoms with Gasteiger partial charge < -0.3 is 15.1 Å². The SMILES string of the molecule is CN1CCN(c2cc(C(=O)Nc3ccccn3)ncn2)CC1. The van der Waals surface area contributed by atoms with Gasteiger partial charge in [-0.05, 0) is 19.2 Å². The van der Waals surface area contributed by atoms with Crippen LogP contribution in [0.25, 0.3) is 0 Å². The van der Waals surface area contributed by atoms with Gasteiger partial charge in [0, 0.05) is 38.4 Å². The van der Waals surface area contributed by atoms with Crippen molar-refractivity contribution >= 4 is 17.5 Å². The van der Waals surface area contributed by atoms with Crippen LogP contribution in [0.5, 0.6) is 0 Å². The first kappa shape index (κ1) is 14.4. The number of rotatable bonds is 3. The Morgan fingerprint density at radius 3 is 2.68 bits per heavy atom. The molecule has 22 heavy (non-hydrogen) atoms. The third kappa shape index (κ3) is 3.37. The molecule has 3 rings (SSSR count). The minimum atomic E-state index is -0.281. The zero-order valence-electron chi connectivity index (χ0n) is 12.4. The molecule has 0 aliphatic carbocycles. The highest BCUT2D eigenvalue weighted by Crippen LogP contribution is 2.14. The maximum atomic E-state index is 12.2. The van der Waals surface area contributed by atoms with Crippen LogP contribution in [0.4, 0.5) is 11.6 Å². The summed E-state index contributed by atoms with van der Waals surface area (Å²) in [6.45, 7) is 3.77. The molecule has 0 atom stereocenters. The Balaban J connectivity index is 1.72. The lowest BCUT2D eigenvalue weighted by molar-refractivity contribution is 0.102. The van der Waals surface area contributed by atoms with Crippen molar-refractivity contribution < 1.29 is 4.79 Å². The molecule has 7 nitrogen and oxygen atoms in total. The van der Waals surface area contributed by atoms with Crippen molar-refractivity contribution in [2.75, 3.05) is 43.4 Å². The molecule has 1 aliphatic rings. The minimum absolute atomic E-state index is 0.281. The molecule has 1 amide bonds. The largest absolute Gasteiger partial charge is 0.354 e.